The molecule has 2 rings (SSSR count). The van der Waals surface area contributed by atoms with E-state index in [1.807, 2.05) is 12.1 Å². The number of benzene rings is 1. The van der Waals surface area contributed by atoms with Crippen LogP contribution in [0.15, 0.2) is 24.3 Å². The van der Waals surface area contributed by atoms with Gasteiger partial charge in [0.15, 0.2) is 9.84 Å². The van der Waals surface area contributed by atoms with Gasteiger partial charge in [-0.25, -0.2) is 8.42 Å². The molecule has 0 saturated carbocycles. The van der Waals surface area contributed by atoms with E-state index in [0.717, 1.165) is 12.0 Å². The topological polar surface area (TPSA) is 60.2 Å². The van der Waals surface area contributed by atoms with Crippen LogP contribution in [0.2, 0.25) is 0 Å². The minimum Gasteiger partial charge on any atom is -0.326 e. The highest BCUT2D eigenvalue weighted by Crippen LogP contribution is 2.32. The maximum atomic E-state index is 11.5. The van der Waals surface area contributed by atoms with Crippen molar-refractivity contribution in [1.82, 2.24) is 0 Å². The van der Waals surface area contributed by atoms with Gasteiger partial charge in [-0.2, -0.15) is 0 Å². The van der Waals surface area contributed by atoms with Gasteiger partial charge in [0.25, 0.3) is 0 Å². The summed E-state index contributed by atoms with van der Waals surface area (Å²) in [5.41, 5.74) is 7.88. The average molecular weight is 253 g/mol. The summed E-state index contributed by atoms with van der Waals surface area (Å²) < 4.78 is 22.9. The Bertz CT molecular complexity index is 479. The van der Waals surface area contributed by atoms with Crippen LogP contribution in [0.4, 0.5) is 0 Å². The molecule has 1 fully saturated rings. The lowest BCUT2D eigenvalue weighted by atomic mass is 9.87. The van der Waals surface area contributed by atoms with Gasteiger partial charge in [-0.15, -0.1) is 0 Å². The van der Waals surface area contributed by atoms with Gasteiger partial charge in [0.2, 0.25) is 0 Å². The van der Waals surface area contributed by atoms with Crippen LogP contribution in [0.1, 0.15) is 30.4 Å². The van der Waals surface area contributed by atoms with Crippen molar-refractivity contribution in [2.45, 2.75) is 25.8 Å². The minimum absolute atomic E-state index is 0.267. The predicted molar refractivity (Wildman–Crippen MR) is 69.5 cm³/mol. The van der Waals surface area contributed by atoms with Crippen LogP contribution in [0.3, 0.4) is 0 Å². The normalized spacial score (nSPS) is 24.7. The first kappa shape index (κ1) is 12.6. The zero-order chi connectivity index (χ0) is 12.5. The molecular formula is C13H19NO2S. The summed E-state index contributed by atoms with van der Waals surface area (Å²) in [6, 6.07) is 8.18. The minimum atomic E-state index is -2.78. The van der Waals surface area contributed by atoms with Crippen LogP contribution in [0.25, 0.3) is 0 Å². The highest BCUT2D eigenvalue weighted by Gasteiger charge is 2.32. The van der Waals surface area contributed by atoms with E-state index in [1.165, 1.54) is 5.56 Å². The summed E-state index contributed by atoms with van der Waals surface area (Å²) in [5.74, 6) is 1.26. The van der Waals surface area contributed by atoms with Crippen molar-refractivity contribution in [3.8, 4) is 0 Å². The Morgan fingerprint density at radius 3 is 2.47 bits per heavy atom. The van der Waals surface area contributed by atoms with Crippen LogP contribution in [0, 0.1) is 5.92 Å². The first-order chi connectivity index (χ1) is 8.02. The van der Waals surface area contributed by atoms with Crippen molar-refractivity contribution in [2.24, 2.45) is 11.7 Å². The number of sulfone groups is 1. The summed E-state index contributed by atoms with van der Waals surface area (Å²) in [5, 5.41) is 0. The van der Waals surface area contributed by atoms with E-state index in [4.69, 9.17) is 5.73 Å². The number of rotatable bonds is 3. The quantitative estimate of drug-likeness (QED) is 0.891. The molecule has 1 heterocycles. The summed E-state index contributed by atoms with van der Waals surface area (Å²) in [4.78, 5) is 0. The van der Waals surface area contributed by atoms with E-state index in [-0.39, 0.29) is 5.92 Å². The van der Waals surface area contributed by atoms with E-state index < -0.39 is 9.84 Å². The summed E-state index contributed by atoms with van der Waals surface area (Å²) in [7, 11) is -2.78. The second kappa shape index (κ2) is 4.78. The molecule has 0 aromatic heterocycles. The molecule has 2 unspecified atom stereocenters. The smallest absolute Gasteiger partial charge is 0.150 e. The van der Waals surface area contributed by atoms with Crippen molar-refractivity contribution in [1.29, 1.82) is 0 Å². The van der Waals surface area contributed by atoms with Crippen molar-refractivity contribution in [3.05, 3.63) is 35.4 Å². The Balaban J connectivity index is 2.11. The largest absolute Gasteiger partial charge is 0.326 e. The molecule has 0 amide bonds. The lowest BCUT2D eigenvalue weighted by Crippen LogP contribution is -2.12. The molecule has 1 saturated heterocycles. The summed E-state index contributed by atoms with van der Waals surface area (Å²) >= 11 is 0. The molecule has 0 radical (unpaired) electrons. The summed E-state index contributed by atoms with van der Waals surface area (Å²) in [6.07, 6.45) is 0.794. The Hall–Kier alpha value is -0.870. The van der Waals surface area contributed by atoms with Crippen LogP contribution < -0.4 is 5.73 Å². The number of hydrogen-bond acceptors (Lipinski definition) is 3. The van der Waals surface area contributed by atoms with Gasteiger partial charge in [0.05, 0.1) is 11.5 Å². The second-order valence-corrected chi connectivity index (χ2v) is 7.13. The first-order valence-corrected chi connectivity index (χ1v) is 7.83. The first-order valence-electron chi connectivity index (χ1n) is 6.01. The highest BCUT2D eigenvalue weighted by molar-refractivity contribution is 7.91. The van der Waals surface area contributed by atoms with E-state index >= 15 is 0 Å². The third-order valence-corrected chi connectivity index (χ3v) is 5.51. The van der Waals surface area contributed by atoms with Gasteiger partial charge in [0, 0.05) is 6.54 Å². The molecule has 0 bridgehead atoms. The van der Waals surface area contributed by atoms with Gasteiger partial charge >= 0.3 is 0 Å². The lowest BCUT2D eigenvalue weighted by Gasteiger charge is -2.18. The van der Waals surface area contributed by atoms with Crippen molar-refractivity contribution < 1.29 is 8.42 Å². The Morgan fingerprint density at radius 1 is 1.35 bits per heavy atom. The molecule has 2 N–H and O–H groups in total. The zero-order valence-electron chi connectivity index (χ0n) is 10.1. The standard InChI is InChI=1S/C13H19NO2S/c1-10(13-6-7-17(15,16)9-13)12-4-2-11(8-14)3-5-12/h2-5,10,13H,6-9,14H2,1H3. The van der Waals surface area contributed by atoms with Crippen molar-refractivity contribution >= 4 is 9.84 Å². The molecule has 0 spiro atoms. The molecule has 1 aromatic carbocycles. The highest BCUT2D eigenvalue weighted by atomic mass is 32.2. The van der Waals surface area contributed by atoms with Gasteiger partial charge in [-0.05, 0) is 29.4 Å². The van der Waals surface area contributed by atoms with E-state index in [9.17, 15) is 8.42 Å². The predicted octanol–water partition coefficient (Wildman–Crippen LogP) is 1.68. The van der Waals surface area contributed by atoms with Gasteiger partial charge in [-0.1, -0.05) is 31.2 Å². The molecule has 1 aliphatic rings. The Kier molecular flexibility index (Phi) is 3.54. The maximum absolute atomic E-state index is 11.5. The molecular weight excluding hydrogens is 234 g/mol. The van der Waals surface area contributed by atoms with E-state index in [1.54, 1.807) is 0 Å². The van der Waals surface area contributed by atoms with Gasteiger partial charge < -0.3 is 5.73 Å². The molecule has 4 heteroatoms. The van der Waals surface area contributed by atoms with Crippen LogP contribution in [-0.4, -0.2) is 19.9 Å². The molecule has 1 aliphatic heterocycles. The van der Waals surface area contributed by atoms with Gasteiger partial charge in [-0.3, -0.25) is 0 Å². The lowest BCUT2D eigenvalue weighted by molar-refractivity contribution is 0.497. The summed E-state index contributed by atoms with van der Waals surface area (Å²) in [6.45, 7) is 2.66. The molecule has 17 heavy (non-hydrogen) atoms. The van der Waals surface area contributed by atoms with Crippen molar-refractivity contribution in [3.63, 3.8) is 0 Å². The monoisotopic (exact) mass is 253 g/mol. The molecule has 1 aromatic rings. The van der Waals surface area contributed by atoms with Crippen LogP contribution in [-0.2, 0) is 16.4 Å². The third kappa shape index (κ3) is 2.87. The molecule has 3 nitrogen and oxygen atoms in total. The molecule has 94 valence electrons. The fraction of sp³-hybridized carbons (Fsp3) is 0.538. The number of hydrogen-bond donors (Lipinski definition) is 1. The molecule has 0 aliphatic carbocycles. The fourth-order valence-electron chi connectivity index (χ4n) is 2.45. The third-order valence-electron chi connectivity index (χ3n) is 3.72. The SMILES string of the molecule is CC(c1ccc(CN)cc1)C1CCS(=O)(=O)C1. The zero-order valence-corrected chi connectivity index (χ0v) is 10.9. The fourth-order valence-corrected chi connectivity index (χ4v) is 4.38. The Morgan fingerprint density at radius 2 is 2.00 bits per heavy atom. The molecule has 2 atom stereocenters. The van der Waals surface area contributed by atoms with Crippen molar-refractivity contribution in [2.75, 3.05) is 11.5 Å². The van der Waals surface area contributed by atoms with Crippen LogP contribution in [0.5, 0.6) is 0 Å². The van der Waals surface area contributed by atoms with E-state index in [0.29, 0.717) is 24.0 Å². The Labute approximate surface area is 103 Å². The second-order valence-electron chi connectivity index (χ2n) is 4.90. The maximum Gasteiger partial charge on any atom is 0.150 e. The number of nitrogens with two attached hydrogens (primary N) is 1. The van der Waals surface area contributed by atoms with Crippen LogP contribution >= 0.6 is 0 Å². The average Bonchev–Trinajstić information content (AvgIpc) is 2.69. The van der Waals surface area contributed by atoms with Gasteiger partial charge in [0.1, 0.15) is 0 Å². The van der Waals surface area contributed by atoms with E-state index in [2.05, 4.69) is 19.1 Å².